The first kappa shape index (κ1) is 15.9. The smallest absolute Gasteiger partial charge is 0.237 e. The molecule has 0 spiro atoms. The van der Waals surface area contributed by atoms with Crippen LogP contribution in [-0.4, -0.2) is 50.4 Å². The summed E-state index contributed by atoms with van der Waals surface area (Å²) in [5.74, 6) is 1.09. The highest BCUT2D eigenvalue weighted by Crippen LogP contribution is 2.60. The minimum atomic E-state index is -5.21. The molecule has 10 heteroatoms. The summed E-state index contributed by atoms with van der Waals surface area (Å²) >= 11 is -5.21. The van der Waals surface area contributed by atoms with Gasteiger partial charge in [0.15, 0.2) is 5.82 Å². The van der Waals surface area contributed by atoms with Gasteiger partial charge >= 0.3 is 0 Å². The Morgan fingerprint density at radius 1 is 1.25 bits per heavy atom. The van der Waals surface area contributed by atoms with E-state index >= 15 is 0 Å². The third kappa shape index (κ3) is 2.68. The highest BCUT2D eigenvalue weighted by molar-refractivity contribution is 8.20. The molecule has 0 N–H and O–H groups in total. The third-order valence-corrected chi connectivity index (χ3v) is 5.59. The van der Waals surface area contributed by atoms with Gasteiger partial charge in [0.25, 0.3) is 0 Å². The van der Waals surface area contributed by atoms with Crippen LogP contribution in [0.25, 0.3) is 5.69 Å². The molecule has 2 aliphatic rings. The Kier molecular flexibility index (Phi) is 3.77. The van der Waals surface area contributed by atoms with E-state index in [0.29, 0.717) is 36.6 Å². The van der Waals surface area contributed by atoms with Crippen LogP contribution < -0.4 is 0 Å². The quantitative estimate of drug-likeness (QED) is 0.840. The van der Waals surface area contributed by atoms with Crippen molar-refractivity contribution < 1.29 is 16.4 Å². The summed E-state index contributed by atoms with van der Waals surface area (Å²) in [6, 6.07) is 5.29. The van der Waals surface area contributed by atoms with Crippen molar-refractivity contribution in [1.82, 2.24) is 25.1 Å². The van der Waals surface area contributed by atoms with Crippen molar-refractivity contribution in [2.24, 2.45) is 5.92 Å². The Labute approximate surface area is 138 Å². The van der Waals surface area contributed by atoms with Crippen molar-refractivity contribution in [3.8, 4) is 5.69 Å². The summed E-state index contributed by atoms with van der Waals surface area (Å²) in [4.78, 5) is 1.67. The summed E-state index contributed by atoms with van der Waals surface area (Å²) in [6.07, 6.45) is 0.244. The van der Waals surface area contributed by atoms with Gasteiger partial charge in [-0.25, -0.2) is 0 Å². The molecule has 1 aromatic heterocycles. The molecular formula is C14H16F3N5OS. The summed E-state index contributed by atoms with van der Waals surface area (Å²) < 4.78 is 45.4. The minimum Gasteiger partial charge on any atom is -0.375 e. The largest absolute Gasteiger partial charge is 0.375 e. The number of tetrazole rings is 1. The van der Waals surface area contributed by atoms with Crippen LogP contribution in [0.1, 0.15) is 12.7 Å². The fourth-order valence-electron chi connectivity index (χ4n) is 3.41. The van der Waals surface area contributed by atoms with Gasteiger partial charge in [0.1, 0.15) is 0 Å². The first-order chi connectivity index (χ1) is 11.4. The van der Waals surface area contributed by atoms with Crippen LogP contribution in [0.4, 0.5) is 11.7 Å². The van der Waals surface area contributed by atoms with Crippen LogP contribution in [0.3, 0.4) is 0 Å². The lowest BCUT2D eigenvalue weighted by atomic mass is 10.1. The van der Waals surface area contributed by atoms with Crippen LogP contribution in [-0.2, 0) is 11.3 Å². The van der Waals surface area contributed by atoms with E-state index in [-0.39, 0.29) is 6.10 Å². The molecule has 2 saturated heterocycles. The lowest BCUT2D eigenvalue weighted by Gasteiger charge is -2.26. The van der Waals surface area contributed by atoms with Crippen molar-refractivity contribution >= 4 is 11.2 Å². The van der Waals surface area contributed by atoms with Crippen molar-refractivity contribution in [1.29, 1.82) is 0 Å². The van der Waals surface area contributed by atoms with Crippen molar-refractivity contribution in [2.45, 2.75) is 30.5 Å². The molecule has 3 heterocycles. The maximum Gasteiger partial charge on any atom is 0.237 e. The molecule has 3 atom stereocenters. The number of hydrogen-bond acceptors (Lipinski definition) is 5. The number of rotatable bonds is 4. The van der Waals surface area contributed by atoms with Gasteiger partial charge in [-0.3, -0.25) is 4.90 Å². The number of benzene rings is 1. The zero-order chi connectivity index (χ0) is 16.9. The van der Waals surface area contributed by atoms with Gasteiger partial charge in [-0.15, -0.1) is 16.8 Å². The highest BCUT2D eigenvalue weighted by Gasteiger charge is 2.45. The van der Waals surface area contributed by atoms with Gasteiger partial charge in [0.2, 0.25) is 11.2 Å². The molecule has 24 heavy (non-hydrogen) atoms. The van der Waals surface area contributed by atoms with Gasteiger partial charge < -0.3 is 4.74 Å². The normalized spacial score (nSPS) is 27.8. The topological polar surface area (TPSA) is 56.1 Å². The van der Waals surface area contributed by atoms with Crippen LogP contribution in [0, 0.1) is 5.92 Å². The molecule has 130 valence electrons. The minimum absolute atomic E-state index is 0.244. The molecule has 2 aromatic rings. The van der Waals surface area contributed by atoms with Crippen molar-refractivity contribution in [2.75, 3.05) is 13.2 Å². The predicted molar refractivity (Wildman–Crippen MR) is 81.4 cm³/mol. The van der Waals surface area contributed by atoms with Crippen LogP contribution >= 0.6 is 11.2 Å². The van der Waals surface area contributed by atoms with E-state index in [4.69, 9.17) is 4.74 Å². The van der Waals surface area contributed by atoms with Crippen molar-refractivity contribution in [3.05, 3.63) is 30.1 Å². The second kappa shape index (κ2) is 5.71. The van der Waals surface area contributed by atoms with E-state index in [1.165, 1.54) is 16.8 Å². The molecule has 0 amide bonds. The van der Waals surface area contributed by atoms with Gasteiger partial charge in [-0.1, -0.05) is 6.92 Å². The Hall–Kier alpha value is -1.65. The van der Waals surface area contributed by atoms with E-state index in [0.717, 1.165) is 18.7 Å². The predicted octanol–water partition coefficient (Wildman–Crippen LogP) is 2.70. The zero-order valence-corrected chi connectivity index (χ0v) is 13.7. The zero-order valence-electron chi connectivity index (χ0n) is 12.8. The van der Waals surface area contributed by atoms with Crippen LogP contribution in [0.15, 0.2) is 29.2 Å². The molecule has 4 rings (SSSR count). The molecule has 2 fully saturated rings. The number of likely N-dealkylation sites (tertiary alicyclic amines) is 1. The van der Waals surface area contributed by atoms with Gasteiger partial charge in [0, 0.05) is 18.5 Å². The second-order valence-corrected chi connectivity index (χ2v) is 7.42. The number of hydrogen-bond donors (Lipinski definition) is 0. The third-order valence-electron chi connectivity index (χ3n) is 4.79. The van der Waals surface area contributed by atoms with Gasteiger partial charge in [0.05, 0.1) is 29.8 Å². The highest BCUT2D eigenvalue weighted by atomic mass is 32.3. The molecule has 2 aliphatic heterocycles. The van der Waals surface area contributed by atoms with E-state index in [1.807, 2.05) is 0 Å². The Morgan fingerprint density at radius 2 is 2.00 bits per heavy atom. The van der Waals surface area contributed by atoms with E-state index in [2.05, 4.69) is 27.3 Å². The summed E-state index contributed by atoms with van der Waals surface area (Å²) in [5.41, 5.74) is 0.524. The Morgan fingerprint density at radius 3 is 2.58 bits per heavy atom. The molecular weight excluding hydrogens is 343 g/mol. The average Bonchev–Trinajstić information content (AvgIpc) is 3.22. The van der Waals surface area contributed by atoms with Crippen molar-refractivity contribution in [3.63, 3.8) is 0 Å². The van der Waals surface area contributed by atoms with Gasteiger partial charge in [-0.05, 0) is 34.7 Å². The first-order valence-electron chi connectivity index (χ1n) is 7.59. The lowest BCUT2D eigenvalue weighted by Crippen LogP contribution is -2.37. The Balaban J connectivity index is 1.55. The molecule has 0 aliphatic carbocycles. The number of ether oxygens (including phenoxy) is 1. The first-order valence-corrected chi connectivity index (χ1v) is 8.92. The fourth-order valence-corrected chi connectivity index (χ4v) is 3.85. The number of fused-ring (bicyclic) bond motifs is 2. The Bertz CT molecular complexity index is 735. The number of morpholine rings is 1. The number of aromatic nitrogens is 4. The van der Waals surface area contributed by atoms with E-state index in [1.54, 1.807) is 0 Å². The standard InChI is InChI=1S/C14H16F3N5OS/c1-9-12-8-23-13(9)6-21(12)7-14-18-19-20-22(14)10-2-4-11(5-3-10)24(15,16)17/h2-5,9,12-13H,6-8H2,1H3/t9?,12-,13-/m1/s1. The summed E-state index contributed by atoms with van der Waals surface area (Å²) in [6.45, 7) is 4.25. The summed E-state index contributed by atoms with van der Waals surface area (Å²) in [5, 5.41) is 11.6. The second-order valence-electron chi connectivity index (χ2n) is 6.13. The molecule has 2 bridgehead atoms. The average molecular weight is 359 g/mol. The van der Waals surface area contributed by atoms with Crippen LogP contribution in [0.2, 0.25) is 0 Å². The number of nitrogens with zero attached hydrogens (tertiary/aromatic N) is 5. The monoisotopic (exact) mass is 359 g/mol. The lowest BCUT2D eigenvalue weighted by molar-refractivity contribution is 0.0247. The maximum absolute atomic E-state index is 12.8. The SMILES string of the molecule is CC1[C@H]2CO[C@@H]1CN2Cc1nnnn1-c1ccc(S(F)(F)F)cc1. The van der Waals surface area contributed by atoms with E-state index in [9.17, 15) is 11.7 Å². The summed E-state index contributed by atoms with van der Waals surface area (Å²) in [7, 11) is 0. The molecule has 1 unspecified atom stereocenters. The molecule has 6 nitrogen and oxygen atoms in total. The van der Waals surface area contributed by atoms with Gasteiger partial charge in [-0.2, -0.15) is 4.68 Å². The molecule has 0 saturated carbocycles. The van der Waals surface area contributed by atoms with Crippen LogP contribution in [0.5, 0.6) is 0 Å². The number of halogens is 3. The molecule has 0 radical (unpaired) electrons. The fraction of sp³-hybridized carbons (Fsp3) is 0.500. The molecule has 1 aromatic carbocycles. The maximum atomic E-state index is 12.8. The van der Waals surface area contributed by atoms with E-state index < -0.39 is 16.1 Å².